The molecule has 0 aliphatic carbocycles. The second kappa shape index (κ2) is 6.61. The van der Waals surface area contributed by atoms with Crippen molar-refractivity contribution in [3.63, 3.8) is 0 Å². The molecule has 0 saturated carbocycles. The summed E-state index contributed by atoms with van der Waals surface area (Å²) in [6.45, 7) is 5.25. The first kappa shape index (κ1) is 17.0. The quantitative estimate of drug-likeness (QED) is 0.858. The zero-order valence-electron chi connectivity index (χ0n) is 14.4. The van der Waals surface area contributed by atoms with Crippen LogP contribution in [-0.4, -0.2) is 42.0 Å². The van der Waals surface area contributed by atoms with Crippen LogP contribution in [0.3, 0.4) is 0 Å². The molecule has 0 bridgehead atoms. The Morgan fingerprint density at radius 1 is 1.17 bits per heavy atom. The Labute approximate surface area is 143 Å². The molecule has 1 atom stereocenters. The number of hydrogen-bond acceptors (Lipinski definition) is 4. The molecular formula is C18H23N3O2S. The van der Waals surface area contributed by atoms with Crippen molar-refractivity contribution in [2.75, 3.05) is 19.3 Å². The molecule has 0 spiro atoms. The molecule has 3 rings (SSSR count). The van der Waals surface area contributed by atoms with Crippen LogP contribution in [0.15, 0.2) is 30.6 Å². The fraction of sp³-hybridized carbons (Fsp3) is 0.444. The molecule has 1 fully saturated rings. The number of aryl methyl sites for hydroxylation is 1. The fourth-order valence-corrected chi connectivity index (χ4v) is 4.24. The van der Waals surface area contributed by atoms with Crippen LogP contribution >= 0.6 is 0 Å². The molecule has 1 aromatic heterocycles. The minimum Gasteiger partial charge on any atom is -0.257 e. The van der Waals surface area contributed by atoms with Crippen molar-refractivity contribution in [3.05, 3.63) is 47.4 Å². The first-order valence-corrected chi connectivity index (χ1v) is 10.1. The number of hydrogen-bond donors (Lipinski definition) is 0. The third-order valence-electron chi connectivity index (χ3n) is 4.83. The number of benzene rings is 1. The maximum Gasteiger partial charge on any atom is 0.211 e. The zero-order valence-corrected chi connectivity index (χ0v) is 15.2. The Balaban J connectivity index is 2.02. The Morgan fingerprint density at radius 3 is 2.67 bits per heavy atom. The largest absolute Gasteiger partial charge is 0.257 e. The Bertz CT molecular complexity index is 849. The van der Waals surface area contributed by atoms with Gasteiger partial charge < -0.3 is 0 Å². The highest BCUT2D eigenvalue weighted by Gasteiger charge is 2.29. The van der Waals surface area contributed by atoms with Gasteiger partial charge in [0.1, 0.15) is 0 Å². The topological polar surface area (TPSA) is 63.2 Å². The summed E-state index contributed by atoms with van der Waals surface area (Å²) in [5.74, 6) is 0.0806. The predicted octanol–water partition coefficient (Wildman–Crippen LogP) is 2.90. The Kier molecular flexibility index (Phi) is 4.69. The standard InChI is InChI=1S/C18H23N3O2S/c1-13-6-4-8-16(14(13)2)18-17(19-9-10-20-18)15-7-5-11-21(12-15)24(3,22)23/h4,6,8-10,15H,5,7,11-12H2,1-3H3. The predicted molar refractivity (Wildman–Crippen MR) is 95.3 cm³/mol. The molecule has 6 heteroatoms. The van der Waals surface area contributed by atoms with E-state index in [4.69, 9.17) is 0 Å². The maximum atomic E-state index is 11.9. The van der Waals surface area contributed by atoms with Crippen LogP contribution in [0.5, 0.6) is 0 Å². The average Bonchev–Trinajstić information content (AvgIpc) is 2.57. The van der Waals surface area contributed by atoms with Crippen molar-refractivity contribution >= 4 is 10.0 Å². The molecule has 2 aromatic rings. The third kappa shape index (κ3) is 3.35. The van der Waals surface area contributed by atoms with E-state index in [0.29, 0.717) is 13.1 Å². The van der Waals surface area contributed by atoms with Crippen LogP contribution in [0.25, 0.3) is 11.3 Å². The summed E-state index contributed by atoms with van der Waals surface area (Å²) in [4.78, 5) is 9.16. The van der Waals surface area contributed by atoms with Crippen LogP contribution in [0.1, 0.15) is 35.6 Å². The van der Waals surface area contributed by atoms with E-state index in [1.54, 1.807) is 16.7 Å². The van der Waals surface area contributed by atoms with Crippen LogP contribution in [0, 0.1) is 13.8 Å². The monoisotopic (exact) mass is 345 g/mol. The summed E-state index contributed by atoms with van der Waals surface area (Å²) in [6.07, 6.45) is 6.46. The van der Waals surface area contributed by atoms with E-state index in [9.17, 15) is 8.42 Å². The minimum absolute atomic E-state index is 0.0806. The highest BCUT2D eigenvalue weighted by molar-refractivity contribution is 7.88. The smallest absolute Gasteiger partial charge is 0.211 e. The lowest BCUT2D eigenvalue weighted by atomic mass is 9.90. The van der Waals surface area contributed by atoms with E-state index in [1.807, 2.05) is 6.07 Å². The van der Waals surface area contributed by atoms with Gasteiger partial charge in [0.15, 0.2) is 0 Å². The van der Waals surface area contributed by atoms with Crippen molar-refractivity contribution in [3.8, 4) is 11.3 Å². The third-order valence-corrected chi connectivity index (χ3v) is 6.10. The Hall–Kier alpha value is -1.79. The van der Waals surface area contributed by atoms with Gasteiger partial charge >= 0.3 is 0 Å². The summed E-state index contributed by atoms with van der Waals surface area (Å²) in [7, 11) is -3.17. The summed E-state index contributed by atoms with van der Waals surface area (Å²) < 4.78 is 25.4. The van der Waals surface area contributed by atoms with E-state index in [-0.39, 0.29) is 5.92 Å². The van der Waals surface area contributed by atoms with Gasteiger partial charge in [0.25, 0.3) is 0 Å². The SMILES string of the molecule is Cc1cccc(-c2nccnc2C2CCCN(S(C)(=O)=O)C2)c1C. The van der Waals surface area contributed by atoms with Crippen molar-refractivity contribution < 1.29 is 8.42 Å². The normalized spacial score (nSPS) is 19.4. The van der Waals surface area contributed by atoms with Gasteiger partial charge in [-0.1, -0.05) is 18.2 Å². The van der Waals surface area contributed by atoms with Crippen LogP contribution in [0.4, 0.5) is 0 Å². The van der Waals surface area contributed by atoms with Gasteiger partial charge in [-0.2, -0.15) is 0 Å². The summed E-state index contributed by atoms with van der Waals surface area (Å²) in [6, 6.07) is 6.17. The van der Waals surface area contributed by atoms with Gasteiger partial charge in [0.05, 0.1) is 17.6 Å². The van der Waals surface area contributed by atoms with Crippen molar-refractivity contribution in [2.24, 2.45) is 0 Å². The molecule has 0 amide bonds. The van der Waals surface area contributed by atoms with Crippen LogP contribution in [-0.2, 0) is 10.0 Å². The molecular weight excluding hydrogens is 322 g/mol. The summed E-state index contributed by atoms with van der Waals surface area (Å²) in [5.41, 5.74) is 5.26. The number of sulfonamides is 1. The Morgan fingerprint density at radius 2 is 1.92 bits per heavy atom. The second-order valence-electron chi connectivity index (χ2n) is 6.50. The van der Waals surface area contributed by atoms with E-state index in [0.717, 1.165) is 29.8 Å². The van der Waals surface area contributed by atoms with Crippen molar-refractivity contribution in [1.29, 1.82) is 0 Å². The first-order valence-electron chi connectivity index (χ1n) is 8.20. The van der Waals surface area contributed by atoms with Crippen molar-refractivity contribution in [1.82, 2.24) is 14.3 Å². The summed E-state index contributed by atoms with van der Waals surface area (Å²) >= 11 is 0. The molecule has 0 N–H and O–H groups in total. The number of aromatic nitrogens is 2. The van der Waals surface area contributed by atoms with Gasteiger partial charge in [-0.05, 0) is 37.8 Å². The molecule has 2 heterocycles. The number of nitrogens with zero attached hydrogens (tertiary/aromatic N) is 3. The molecule has 1 unspecified atom stereocenters. The van der Waals surface area contributed by atoms with Gasteiger partial charge in [0.2, 0.25) is 10.0 Å². The molecule has 1 aliphatic heterocycles. The molecule has 1 aromatic carbocycles. The molecule has 0 radical (unpaired) electrons. The van der Waals surface area contributed by atoms with E-state index >= 15 is 0 Å². The summed E-state index contributed by atoms with van der Waals surface area (Å²) in [5, 5.41) is 0. The molecule has 128 valence electrons. The van der Waals surface area contributed by atoms with Gasteiger partial charge in [0, 0.05) is 37.0 Å². The van der Waals surface area contributed by atoms with E-state index in [2.05, 4.69) is 35.9 Å². The minimum atomic E-state index is -3.17. The average molecular weight is 345 g/mol. The van der Waals surface area contributed by atoms with Gasteiger partial charge in [-0.25, -0.2) is 12.7 Å². The molecule has 1 saturated heterocycles. The highest BCUT2D eigenvalue weighted by atomic mass is 32.2. The number of rotatable bonds is 3. The van der Waals surface area contributed by atoms with E-state index in [1.165, 1.54) is 17.4 Å². The fourth-order valence-electron chi connectivity index (χ4n) is 3.33. The molecule has 1 aliphatic rings. The number of piperidine rings is 1. The van der Waals surface area contributed by atoms with Gasteiger partial charge in [-0.3, -0.25) is 9.97 Å². The second-order valence-corrected chi connectivity index (χ2v) is 8.48. The lowest BCUT2D eigenvalue weighted by Crippen LogP contribution is -2.38. The lowest BCUT2D eigenvalue weighted by molar-refractivity contribution is 0.314. The van der Waals surface area contributed by atoms with Crippen molar-refractivity contribution in [2.45, 2.75) is 32.6 Å². The van der Waals surface area contributed by atoms with Crippen LogP contribution < -0.4 is 0 Å². The lowest BCUT2D eigenvalue weighted by Gasteiger charge is -2.31. The first-order chi connectivity index (χ1) is 11.4. The van der Waals surface area contributed by atoms with Crippen LogP contribution in [0.2, 0.25) is 0 Å². The maximum absolute atomic E-state index is 11.9. The van der Waals surface area contributed by atoms with Gasteiger partial charge in [-0.15, -0.1) is 0 Å². The highest BCUT2D eigenvalue weighted by Crippen LogP contribution is 2.34. The molecule has 5 nitrogen and oxygen atoms in total. The zero-order chi connectivity index (χ0) is 17.3. The van der Waals surface area contributed by atoms with E-state index < -0.39 is 10.0 Å². The molecule has 24 heavy (non-hydrogen) atoms.